The molecule has 4 heterocycles. The Morgan fingerprint density at radius 2 is 0.918 bits per heavy atom. The van der Waals surface area contributed by atoms with Gasteiger partial charge < -0.3 is 61.0 Å². The number of nitrogens with zero attached hydrogens (tertiary/aromatic N) is 6. The SMILES string of the molecule is CC(C)(C)OCC(NC(=O)N(Cc1cncs1)C1CC1)C(=O)NC(CCC(Cc1ccccc1)NC(=O)OCc1cncs1)Cc1ccccc1-c1cccc(CC(CCC(Cc2ccccc2)NC(=O)C(CO)NC(=O)N(Cc2cncs2)C2CC2)NC(=O)OCc2cncs2)c1. The van der Waals surface area contributed by atoms with Gasteiger partial charge in [0.05, 0.1) is 63.7 Å². The minimum Gasteiger partial charge on any atom is -0.444 e. The van der Waals surface area contributed by atoms with Gasteiger partial charge in [-0.1, -0.05) is 109 Å². The Bertz CT molecular complexity index is 3770. The van der Waals surface area contributed by atoms with Crippen LogP contribution >= 0.6 is 45.3 Å². The molecule has 7 N–H and O–H groups in total. The predicted molar refractivity (Wildman–Crippen MR) is 379 cm³/mol. The Balaban J connectivity index is 0.898. The standard InChI is InChI=1S/C72H86N12O10S4/c1-72(2,3)94-43-65(82-69(89)84(58-27-28-58)39-60-35-74-45-96-60)67(87)78-56(24-23-54(31-49-15-8-5-9-16-49)79-70(90)92-41-61-36-75-46-97-61)33-52-18-10-11-20-63(52)51-19-12-17-50(29-51)32-55(80-71(91)93-42-62-37-76-47-98-62)22-21-53(30-48-13-6-4-7-14-48)77-66(86)64(40-85)81-68(88)83(57-25-26-57)38-59-34-73-44-95-59/h4-20,29,34-37,44-47,53-58,64-65,85H,21-28,30-33,38-43H2,1-3H3,(H,77,86)(H,78,87)(H,79,90)(H,80,91)(H,81,88)(H,82,89). The molecule has 4 aromatic carbocycles. The third-order valence-electron chi connectivity index (χ3n) is 16.8. The van der Waals surface area contributed by atoms with Gasteiger partial charge >= 0.3 is 24.2 Å². The zero-order valence-electron chi connectivity index (χ0n) is 55.3. The van der Waals surface area contributed by atoms with Gasteiger partial charge in [0.1, 0.15) is 25.3 Å². The number of alkyl carbamates (subject to hydrolysis) is 2. The van der Waals surface area contributed by atoms with E-state index in [0.29, 0.717) is 64.5 Å². The summed E-state index contributed by atoms with van der Waals surface area (Å²) in [6, 6.07) is 30.6. The molecule has 2 aliphatic rings. The summed E-state index contributed by atoms with van der Waals surface area (Å²) in [5.74, 6) is -0.963. The van der Waals surface area contributed by atoms with Crippen LogP contribution in [0.1, 0.15) is 114 Å². The molecule has 8 amide bonds. The molecule has 2 aliphatic carbocycles. The highest BCUT2D eigenvalue weighted by atomic mass is 32.1. The molecule has 0 spiro atoms. The zero-order chi connectivity index (χ0) is 68.6. The fourth-order valence-corrected chi connectivity index (χ4v) is 13.7. The fraction of sp³-hybridized carbons (Fsp3) is 0.417. The van der Waals surface area contributed by atoms with Gasteiger partial charge in [-0.3, -0.25) is 29.5 Å². The van der Waals surface area contributed by atoms with Crippen molar-refractivity contribution in [2.75, 3.05) is 13.2 Å². The van der Waals surface area contributed by atoms with E-state index in [1.54, 1.807) is 56.6 Å². The highest BCUT2D eigenvalue weighted by molar-refractivity contribution is 7.10. The van der Waals surface area contributed by atoms with Crippen LogP contribution in [0.2, 0.25) is 0 Å². The minimum absolute atomic E-state index is 0.0260. The second kappa shape index (κ2) is 36.3. The molecule has 0 aliphatic heterocycles. The first-order valence-electron chi connectivity index (χ1n) is 33.2. The Labute approximate surface area is 587 Å². The number of hydrogen-bond donors (Lipinski definition) is 7. The quantitative estimate of drug-likeness (QED) is 0.0192. The molecule has 518 valence electrons. The van der Waals surface area contributed by atoms with Crippen molar-refractivity contribution < 1.29 is 48.1 Å². The molecule has 8 aromatic rings. The maximum Gasteiger partial charge on any atom is 0.407 e. The monoisotopic (exact) mass is 1410 g/mol. The molecule has 6 atom stereocenters. The van der Waals surface area contributed by atoms with Gasteiger partial charge in [0.25, 0.3) is 0 Å². The van der Waals surface area contributed by atoms with E-state index in [2.05, 4.69) is 57.9 Å². The molecule has 10 rings (SSSR count). The molecule has 0 bridgehead atoms. The predicted octanol–water partition coefficient (Wildman–Crippen LogP) is 11.2. The Hall–Kier alpha value is -8.66. The summed E-state index contributed by atoms with van der Waals surface area (Å²) in [6.07, 6.45) is 12.2. The molecule has 4 aromatic heterocycles. The number of urea groups is 2. The number of aliphatic hydroxyl groups is 1. The van der Waals surface area contributed by atoms with E-state index in [1.807, 2.05) is 124 Å². The van der Waals surface area contributed by atoms with Crippen molar-refractivity contribution in [3.63, 3.8) is 0 Å². The molecule has 6 unspecified atom stereocenters. The number of thiazole rings is 4. The lowest BCUT2D eigenvalue weighted by Gasteiger charge is -2.30. The second-order valence-electron chi connectivity index (χ2n) is 25.7. The molecule has 0 radical (unpaired) electrons. The van der Waals surface area contributed by atoms with E-state index in [4.69, 9.17) is 14.2 Å². The largest absolute Gasteiger partial charge is 0.444 e. The van der Waals surface area contributed by atoms with E-state index in [0.717, 1.165) is 78.6 Å². The van der Waals surface area contributed by atoms with Crippen molar-refractivity contribution in [2.45, 2.75) is 178 Å². The van der Waals surface area contributed by atoms with Gasteiger partial charge in [-0.05, 0) is 131 Å². The fourth-order valence-electron chi connectivity index (χ4n) is 11.5. The highest BCUT2D eigenvalue weighted by Gasteiger charge is 2.37. The molecular formula is C72H86N12O10S4. The Morgan fingerprint density at radius 3 is 1.38 bits per heavy atom. The van der Waals surface area contributed by atoms with E-state index in [1.165, 1.54) is 45.3 Å². The lowest BCUT2D eigenvalue weighted by atomic mass is 9.90. The van der Waals surface area contributed by atoms with E-state index < -0.39 is 78.5 Å². The average molecular weight is 1410 g/mol. The lowest BCUT2D eigenvalue weighted by Crippen LogP contribution is -2.56. The van der Waals surface area contributed by atoms with Crippen LogP contribution < -0.4 is 31.9 Å². The molecule has 2 fully saturated rings. The van der Waals surface area contributed by atoms with Crippen LogP contribution in [0.25, 0.3) is 11.1 Å². The van der Waals surface area contributed by atoms with Gasteiger partial charge in [0, 0.05) is 70.8 Å². The number of amides is 8. The van der Waals surface area contributed by atoms with Crippen LogP contribution in [0.15, 0.2) is 156 Å². The third kappa shape index (κ3) is 23.5. The zero-order valence-corrected chi connectivity index (χ0v) is 58.6. The smallest absolute Gasteiger partial charge is 0.407 e. The van der Waals surface area contributed by atoms with Crippen LogP contribution in [0.4, 0.5) is 19.2 Å². The Morgan fingerprint density at radius 1 is 0.500 bits per heavy atom. The van der Waals surface area contributed by atoms with Gasteiger partial charge in [-0.2, -0.15) is 0 Å². The summed E-state index contributed by atoms with van der Waals surface area (Å²) in [4.78, 5) is 108. The van der Waals surface area contributed by atoms with Gasteiger partial charge in [0.2, 0.25) is 11.8 Å². The highest BCUT2D eigenvalue weighted by Crippen LogP contribution is 2.32. The maximum absolute atomic E-state index is 15.1. The molecule has 26 heteroatoms. The van der Waals surface area contributed by atoms with E-state index in [-0.39, 0.29) is 37.9 Å². The van der Waals surface area contributed by atoms with Gasteiger partial charge in [-0.25, -0.2) is 19.2 Å². The summed E-state index contributed by atoms with van der Waals surface area (Å²) in [7, 11) is 0. The number of rotatable bonds is 36. The van der Waals surface area contributed by atoms with Crippen molar-refractivity contribution in [3.05, 3.63) is 198 Å². The first kappa shape index (κ1) is 72.1. The summed E-state index contributed by atoms with van der Waals surface area (Å²) in [5.41, 5.74) is 11.7. The summed E-state index contributed by atoms with van der Waals surface area (Å²) >= 11 is 5.68. The number of aromatic nitrogens is 4. The van der Waals surface area contributed by atoms with E-state index in [9.17, 15) is 29.1 Å². The van der Waals surface area contributed by atoms with Crippen LogP contribution in [-0.2, 0) is 75.8 Å². The number of nitrogens with one attached hydrogen (secondary N) is 6. The van der Waals surface area contributed by atoms with Crippen LogP contribution in [0.5, 0.6) is 0 Å². The van der Waals surface area contributed by atoms with Crippen LogP contribution in [0.3, 0.4) is 0 Å². The molecule has 2 saturated carbocycles. The van der Waals surface area contributed by atoms with Crippen molar-refractivity contribution in [1.29, 1.82) is 0 Å². The van der Waals surface area contributed by atoms with Crippen LogP contribution in [-0.4, -0.2) is 138 Å². The number of aliphatic hydroxyl groups excluding tert-OH is 1. The maximum atomic E-state index is 15.1. The molecule has 98 heavy (non-hydrogen) atoms. The molecular weight excluding hydrogens is 1320 g/mol. The summed E-state index contributed by atoms with van der Waals surface area (Å²) in [5, 5.41) is 29.3. The summed E-state index contributed by atoms with van der Waals surface area (Å²) in [6.45, 7) is 5.77. The second-order valence-corrected chi connectivity index (χ2v) is 29.6. The summed E-state index contributed by atoms with van der Waals surface area (Å²) < 4.78 is 17.7. The number of ether oxygens (including phenoxy) is 3. The number of carbonyl (C=O) groups excluding carboxylic acids is 6. The van der Waals surface area contributed by atoms with Crippen molar-refractivity contribution in [1.82, 2.24) is 61.6 Å². The minimum atomic E-state index is -1.23. The topological polar surface area (TPSA) is 281 Å². The van der Waals surface area contributed by atoms with E-state index >= 15 is 4.79 Å². The van der Waals surface area contributed by atoms with Gasteiger partial charge in [-0.15, -0.1) is 45.3 Å². The average Bonchev–Trinajstić information content (AvgIpc) is 1.39. The first-order valence-corrected chi connectivity index (χ1v) is 36.7. The van der Waals surface area contributed by atoms with Crippen LogP contribution in [0, 0.1) is 0 Å². The number of hydrogen-bond acceptors (Lipinski definition) is 18. The van der Waals surface area contributed by atoms with Crippen molar-refractivity contribution in [2.24, 2.45) is 0 Å². The van der Waals surface area contributed by atoms with Crippen molar-refractivity contribution >= 4 is 81.4 Å². The Kier molecular flexibility index (Phi) is 26.7. The normalized spacial score (nSPS) is 14.7. The third-order valence-corrected chi connectivity index (χ3v) is 19.8. The number of carbonyl (C=O) groups is 6. The number of benzene rings is 4. The van der Waals surface area contributed by atoms with Gasteiger partial charge in [0.15, 0.2) is 0 Å². The molecule has 22 nitrogen and oxygen atoms in total. The molecule has 0 saturated heterocycles. The lowest BCUT2D eigenvalue weighted by molar-refractivity contribution is -0.127. The first-order chi connectivity index (χ1) is 47.6. The van der Waals surface area contributed by atoms with Crippen molar-refractivity contribution in [3.8, 4) is 11.1 Å².